The lowest BCUT2D eigenvalue weighted by atomic mass is 9.99. The summed E-state index contributed by atoms with van der Waals surface area (Å²) in [4.78, 5) is 0. The Labute approximate surface area is 99.0 Å². The molecule has 84 valence electrons. The summed E-state index contributed by atoms with van der Waals surface area (Å²) in [5.41, 5.74) is 4.05. The molecule has 16 heavy (non-hydrogen) atoms. The molecule has 0 saturated heterocycles. The predicted octanol–water partition coefficient (Wildman–Crippen LogP) is 5.00. The van der Waals surface area contributed by atoms with Gasteiger partial charge < -0.3 is 0 Å². The Morgan fingerprint density at radius 1 is 1.12 bits per heavy atom. The first kappa shape index (κ1) is 12.5. The number of hydrogen-bond acceptors (Lipinski definition) is 0. The maximum absolute atomic E-state index is 2.20. The van der Waals surface area contributed by atoms with Crippen LogP contribution < -0.4 is 0 Å². The van der Waals surface area contributed by atoms with Gasteiger partial charge in [0.25, 0.3) is 0 Å². The zero-order valence-electron chi connectivity index (χ0n) is 10.4. The van der Waals surface area contributed by atoms with Crippen LogP contribution in [0.5, 0.6) is 0 Å². The third-order valence-corrected chi connectivity index (χ3v) is 2.64. The van der Waals surface area contributed by atoms with Crippen molar-refractivity contribution < 1.29 is 0 Å². The summed E-state index contributed by atoms with van der Waals surface area (Å²) in [7, 11) is 0. The predicted molar refractivity (Wildman–Crippen MR) is 73.3 cm³/mol. The Bertz CT molecular complexity index is 391. The second-order valence-corrected chi connectivity index (χ2v) is 3.80. The van der Waals surface area contributed by atoms with Crippen molar-refractivity contribution in [2.45, 2.75) is 27.2 Å². The SMILES string of the molecule is C\C=C/C=C\C(=C(\C)CC)c1ccccc1. The largest absolute Gasteiger partial charge is 0.0877 e. The molecule has 0 spiro atoms. The molecule has 0 fully saturated rings. The minimum absolute atomic E-state index is 1.09. The lowest BCUT2D eigenvalue weighted by molar-refractivity contribution is 1.10. The molecule has 1 aromatic carbocycles. The van der Waals surface area contributed by atoms with Crippen LogP contribution in [-0.2, 0) is 0 Å². The third-order valence-electron chi connectivity index (χ3n) is 2.64. The van der Waals surface area contributed by atoms with E-state index in [-0.39, 0.29) is 0 Å². The fourth-order valence-corrected chi connectivity index (χ4v) is 1.56. The molecule has 0 saturated carbocycles. The van der Waals surface area contributed by atoms with Crippen molar-refractivity contribution in [3.63, 3.8) is 0 Å². The van der Waals surface area contributed by atoms with Gasteiger partial charge in [-0.3, -0.25) is 0 Å². The van der Waals surface area contributed by atoms with Crippen molar-refractivity contribution in [1.29, 1.82) is 0 Å². The van der Waals surface area contributed by atoms with Crippen LogP contribution in [0.1, 0.15) is 32.8 Å². The van der Waals surface area contributed by atoms with Gasteiger partial charge in [-0.05, 0) is 31.4 Å². The van der Waals surface area contributed by atoms with Gasteiger partial charge in [0.05, 0.1) is 0 Å². The molecule has 0 bridgehead atoms. The number of hydrogen-bond donors (Lipinski definition) is 0. The molecule has 0 unspecified atom stereocenters. The normalized spacial score (nSPS) is 13.4. The fraction of sp³-hybridized carbons (Fsp3) is 0.250. The van der Waals surface area contributed by atoms with Crippen LogP contribution in [0.25, 0.3) is 5.57 Å². The van der Waals surface area contributed by atoms with Crippen molar-refractivity contribution in [2.75, 3.05) is 0 Å². The Morgan fingerprint density at radius 2 is 1.81 bits per heavy atom. The molecule has 0 nitrogen and oxygen atoms in total. The van der Waals surface area contributed by atoms with Crippen LogP contribution in [0, 0.1) is 0 Å². The minimum Gasteiger partial charge on any atom is -0.0877 e. The van der Waals surface area contributed by atoms with Gasteiger partial charge in [0.1, 0.15) is 0 Å². The lowest BCUT2D eigenvalue weighted by Crippen LogP contribution is -1.85. The van der Waals surface area contributed by atoms with Crippen LogP contribution in [-0.4, -0.2) is 0 Å². The summed E-state index contributed by atoms with van der Waals surface area (Å²) in [6.07, 6.45) is 9.48. The molecule has 0 aliphatic heterocycles. The molecule has 0 aliphatic carbocycles. The summed E-state index contributed by atoms with van der Waals surface area (Å²) in [6.45, 7) is 6.42. The summed E-state index contributed by atoms with van der Waals surface area (Å²) < 4.78 is 0. The van der Waals surface area contributed by atoms with E-state index in [4.69, 9.17) is 0 Å². The molecule has 0 radical (unpaired) electrons. The van der Waals surface area contributed by atoms with Gasteiger partial charge in [0.15, 0.2) is 0 Å². The highest BCUT2D eigenvalue weighted by atomic mass is 14.0. The Balaban J connectivity index is 3.08. The molecule has 0 heterocycles. The van der Waals surface area contributed by atoms with E-state index < -0.39 is 0 Å². The zero-order valence-corrected chi connectivity index (χ0v) is 10.4. The fourth-order valence-electron chi connectivity index (χ4n) is 1.56. The van der Waals surface area contributed by atoms with E-state index in [2.05, 4.69) is 62.4 Å². The molecular formula is C16H20. The van der Waals surface area contributed by atoms with Crippen molar-refractivity contribution in [3.8, 4) is 0 Å². The standard InChI is InChI=1S/C16H20/c1-4-6-8-13-16(14(3)5-2)15-11-9-7-10-12-15/h4,6-13H,5H2,1-3H3/b6-4-,13-8-,16-14+. The second kappa shape index (κ2) is 6.84. The summed E-state index contributed by atoms with van der Waals surface area (Å²) >= 11 is 0. The summed E-state index contributed by atoms with van der Waals surface area (Å²) in [5, 5.41) is 0. The van der Waals surface area contributed by atoms with Gasteiger partial charge in [0.2, 0.25) is 0 Å². The molecule has 0 atom stereocenters. The maximum Gasteiger partial charge on any atom is -0.0185 e. The van der Waals surface area contributed by atoms with E-state index in [1.54, 1.807) is 0 Å². The zero-order chi connectivity index (χ0) is 11.8. The van der Waals surface area contributed by atoms with Gasteiger partial charge >= 0.3 is 0 Å². The molecule has 0 amide bonds. The quantitative estimate of drug-likeness (QED) is 0.616. The first-order valence-corrected chi connectivity index (χ1v) is 5.84. The van der Waals surface area contributed by atoms with E-state index in [1.807, 2.05) is 13.0 Å². The van der Waals surface area contributed by atoms with Crippen molar-refractivity contribution in [3.05, 3.63) is 65.8 Å². The van der Waals surface area contributed by atoms with Crippen LogP contribution in [0.15, 0.2) is 60.2 Å². The highest BCUT2D eigenvalue weighted by Gasteiger charge is 1.99. The van der Waals surface area contributed by atoms with E-state index >= 15 is 0 Å². The van der Waals surface area contributed by atoms with Crippen LogP contribution >= 0.6 is 0 Å². The minimum atomic E-state index is 1.09. The van der Waals surface area contributed by atoms with Gasteiger partial charge in [0, 0.05) is 0 Å². The van der Waals surface area contributed by atoms with Crippen LogP contribution in [0.4, 0.5) is 0 Å². The van der Waals surface area contributed by atoms with Crippen molar-refractivity contribution >= 4 is 5.57 Å². The average molecular weight is 212 g/mol. The van der Waals surface area contributed by atoms with Gasteiger partial charge in [-0.2, -0.15) is 0 Å². The van der Waals surface area contributed by atoms with Crippen LogP contribution in [0.3, 0.4) is 0 Å². The Morgan fingerprint density at radius 3 is 2.38 bits per heavy atom. The molecule has 0 N–H and O–H groups in total. The monoisotopic (exact) mass is 212 g/mol. The van der Waals surface area contributed by atoms with E-state index in [0.717, 1.165) is 6.42 Å². The summed E-state index contributed by atoms with van der Waals surface area (Å²) in [6, 6.07) is 10.5. The molecule has 0 aliphatic rings. The first-order valence-electron chi connectivity index (χ1n) is 5.84. The average Bonchev–Trinajstić information content (AvgIpc) is 2.35. The Kier molecular flexibility index (Phi) is 5.35. The number of rotatable bonds is 4. The second-order valence-electron chi connectivity index (χ2n) is 3.80. The van der Waals surface area contributed by atoms with Crippen molar-refractivity contribution in [2.24, 2.45) is 0 Å². The van der Waals surface area contributed by atoms with E-state index in [9.17, 15) is 0 Å². The van der Waals surface area contributed by atoms with Crippen LogP contribution in [0.2, 0.25) is 0 Å². The molecule has 1 aromatic rings. The molecule has 0 aromatic heterocycles. The lowest BCUT2D eigenvalue weighted by Gasteiger charge is -2.06. The van der Waals surface area contributed by atoms with Gasteiger partial charge in [-0.15, -0.1) is 0 Å². The molecular weight excluding hydrogens is 192 g/mol. The number of allylic oxidation sites excluding steroid dienone is 6. The highest BCUT2D eigenvalue weighted by Crippen LogP contribution is 2.21. The molecule has 1 rings (SSSR count). The van der Waals surface area contributed by atoms with Crippen molar-refractivity contribution in [1.82, 2.24) is 0 Å². The van der Waals surface area contributed by atoms with Gasteiger partial charge in [-0.1, -0.05) is 67.1 Å². The third kappa shape index (κ3) is 3.54. The smallest absolute Gasteiger partial charge is 0.0185 e. The topological polar surface area (TPSA) is 0 Å². The van der Waals surface area contributed by atoms with E-state index in [1.165, 1.54) is 16.7 Å². The van der Waals surface area contributed by atoms with E-state index in [0.29, 0.717) is 0 Å². The van der Waals surface area contributed by atoms with Gasteiger partial charge in [-0.25, -0.2) is 0 Å². The maximum atomic E-state index is 2.20. The first-order chi connectivity index (χ1) is 7.79. The summed E-state index contributed by atoms with van der Waals surface area (Å²) in [5.74, 6) is 0. The Hall–Kier alpha value is -1.56. The molecule has 0 heteroatoms. The highest BCUT2D eigenvalue weighted by molar-refractivity contribution is 5.76. The number of benzene rings is 1.